The smallest absolute Gasteiger partial charge is 0.410 e. The van der Waals surface area contributed by atoms with Crippen molar-refractivity contribution >= 4 is 22.7 Å². The van der Waals surface area contributed by atoms with Crippen molar-refractivity contribution in [3.05, 3.63) is 82.8 Å². The summed E-state index contributed by atoms with van der Waals surface area (Å²) in [5.41, 5.74) is 2.70. The molecule has 38 heavy (non-hydrogen) atoms. The Balaban J connectivity index is 1.26. The molecule has 1 unspecified atom stereocenters. The van der Waals surface area contributed by atoms with Gasteiger partial charge in [-0.2, -0.15) is 0 Å². The third-order valence-corrected chi connectivity index (χ3v) is 7.29. The molecule has 1 N–H and O–H groups in total. The first kappa shape index (κ1) is 25.6. The number of nitrogens with zero attached hydrogens (tertiary/aromatic N) is 4. The number of aromatic nitrogens is 1. The van der Waals surface area contributed by atoms with Crippen LogP contribution in [0.1, 0.15) is 51.8 Å². The van der Waals surface area contributed by atoms with E-state index in [0.29, 0.717) is 5.92 Å². The van der Waals surface area contributed by atoms with Gasteiger partial charge in [-0.25, -0.2) is 4.79 Å². The fourth-order valence-corrected chi connectivity index (χ4v) is 5.32. The molecule has 1 fully saturated rings. The van der Waals surface area contributed by atoms with E-state index < -0.39 is 5.60 Å². The number of nitro groups is 1. The average molecular weight is 518 g/mol. The molecule has 0 radical (unpaired) electrons. The summed E-state index contributed by atoms with van der Waals surface area (Å²) >= 11 is 0. The van der Waals surface area contributed by atoms with Gasteiger partial charge in [0.1, 0.15) is 11.8 Å². The number of non-ortho nitro benzene ring substituents is 1. The summed E-state index contributed by atoms with van der Waals surface area (Å²) in [7, 11) is 0. The number of ether oxygens (including phenoxy) is 1. The number of para-hydroxylation sites is 1. The second-order valence-corrected chi connectivity index (χ2v) is 11.1. The van der Waals surface area contributed by atoms with Crippen LogP contribution in [0.2, 0.25) is 0 Å². The van der Waals surface area contributed by atoms with Gasteiger partial charge in [0.05, 0.1) is 10.4 Å². The first-order valence-electron chi connectivity index (χ1n) is 13.2. The first-order valence-corrected chi connectivity index (χ1v) is 13.2. The van der Waals surface area contributed by atoms with Crippen molar-refractivity contribution in [2.75, 3.05) is 19.6 Å². The Hall–Kier alpha value is -4.01. The molecular weight excluding hydrogens is 482 g/mol. The van der Waals surface area contributed by atoms with Crippen LogP contribution in [0, 0.1) is 16.0 Å². The number of hydrogen-bond acceptors (Lipinski definition) is 6. The summed E-state index contributed by atoms with van der Waals surface area (Å²) in [6.07, 6.45) is 9.02. The van der Waals surface area contributed by atoms with E-state index in [1.807, 2.05) is 44.0 Å². The van der Waals surface area contributed by atoms with Gasteiger partial charge in [-0.3, -0.25) is 10.1 Å². The summed E-state index contributed by atoms with van der Waals surface area (Å²) in [6.45, 7) is 8.07. The third kappa shape index (κ3) is 5.46. The minimum absolute atomic E-state index is 0.000973. The van der Waals surface area contributed by atoms with Crippen molar-refractivity contribution in [1.82, 2.24) is 19.7 Å². The molecule has 0 spiro atoms. The number of nitro benzene ring substituents is 1. The lowest BCUT2D eigenvalue weighted by Gasteiger charge is -2.34. The van der Waals surface area contributed by atoms with E-state index in [1.54, 1.807) is 24.3 Å². The molecule has 0 aliphatic carbocycles. The predicted octanol–water partition coefficient (Wildman–Crippen LogP) is 5.95. The summed E-state index contributed by atoms with van der Waals surface area (Å²) in [6, 6.07) is 14.9. The van der Waals surface area contributed by atoms with Gasteiger partial charge in [-0.1, -0.05) is 18.2 Å². The fraction of sp³-hybridized carbons (Fsp3) is 0.414. The minimum Gasteiger partial charge on any atom is -0.444 e. The number of nitrogens with one attached hydrogen (secondary N) is 1. The molecule has 0 bridgehead atoms. The lowest BCUT2D eigenvalue weighted by atomic mass is 9.93. The number of rotatable bonds is 6. The van der Waals surface area contributed by atoms with Crippen LogP contribution in [0.25, 0.3) is 16.6 Å². The molecular formula is C29H35N5O4. The topological polar surface area (TPSA) is 92.9 Å². The summed E-state index contributed by atoms with van der Waals surface area (Å²) in [5.74, 6) is 0.560. The molecule has 5 rings (SSSR count). The van der Waals surface area contributed by atoms with E-state index in [9.17, 15) is 14.9 Å². The summed E-state index contributed by atoms with van der Waals surface area (Å²) < 4.78 is 7.63. The molecule has 1 saturated heterocycles. The first-order chi connectivity index (χ1) is 18.2. The Kier molecular flexibility index (Phi) is 7.01. The SMILES string of the molecule is CC(C)(C)OC(=O)N1CCC(CCN2C=CNC2c2cn(-c3ccc([N+](=O)[O-])cc3)c3ccccc23)CC1. The van der Waals surface area contributed by atoms with Crippen molar-refractivity contribution in [1.29, 1.82) is 0 Å². The van der Waals surface area contributed by atoms with Gasteiger partial charge in [0.25, 0.3) is 5.69 Å². The van der Waals surface area contributed by atoms with Crippen LogP contribution in [0.15, 0.2) is 67.1 Å². The van der Waals surface area contributed by atoms with Gasteiger partial charge < -0.3 is 24.4 Å². The fourth-order valence-electron chi connectivity index (χ4n) is 5.32. The monoisotopic (exact) mass is 517 g/mol. The Bertz CT molecular complexity index is 1330. The molecule has 9 nitrogen and oxygen atoms in total. The molecule has 1 atom stereocenters. The average Bonchev–Trinajstić information content (AvgIpc) is 3.51. The van der Waals surface area contributed by atoms with Gasteiger partial charge in [0.15, 0.2) is 0 Å². The lowest BCUT2D eigenvalue weighted by Crippen LogP contribution is -2.42. The van der Waals surface area contributed by atoms with Crippen LogP contribution in [-0.2, 0) is 4.74 Å². The zero-order chi connectivity index (χ0) is 26.9. The molecule has 1 amide bonds. The van der Waals surface area contributed by atoms with Crippen LogP contribution >= 0.6 is 0 Å². The van der Waals surface area contributed by atoms with Crippen LogP contribution in [0.3, 0.4) is 0 Å². The molecule has 200 valence electrons. The number of carbonyl (C=O) groups excluding carboxylic acids is 1. The van der Waals surface area contributed by atoms with Crippen molar-refractivity contribution in [3.63, 3.8) is 0 Å². The normalized spacial score (nSPS) is 18.1. The van der Waals surface area contributed by atoms with E-state index in [-0.39, 0.29) is 22.9 Å². The highest BCUT2D eigenvalue weighted by Crippen LogP contribution is 2.34. The van der Waals surface area contributed by atoms with Gasteiger partial charge in [0, 0.05) is 67.0 Å². The second-order valence-electron chi connectivity index (χ2n) is 11.1. The van der Waals surface area contributed by atoms with E-state index >= 15 is 0 Å². The maximum absolute atomic E-state index is 12.4. The maximum atomic E-state index is 12.4. The molecule has 0 saturated carbocycles. The van der Waals surface area contributed by atoms with E-state index in [4.69, 9.17) is 4.74 Å². The Labute approximate surface area is 222 Å². The van der Waals surface area contributed by atoms with Crippen molar-refractivity contribution in [3.8, 4) is 5.69 Å². The van der Waals surface area contributed by atoms with Gasteiger partial charge >= 0.3 is 6.09 Å². The van der Waals surface area contributed by atoms with Crippen molar-refractivity contribution < 1.29 is 14.5 Å². The van der Waals surface area contributed by atoms with Crippen LogP contribution in [0.4, 0.5) is 10.5 Å². The number of amides is 1. The highest BCUT2D eigenvalue weighted by molar-refractivity contribution is 5.86. The Morgan fingerprint density at radius 1 is 1.11 bits per heavy atom. The number of likely N-dealkylation sites (tertiary alicyclic amines) is 1. The number of carbonyl (C=O) groups is 1. The zero-order valence-corrected chi connectivity index (χ0v) is 22.2. The second kappa shape index (κ2) is 10.4. The Morgan fingerprint density at radius 2 is 1.82 bits per heavy atom. The quantitative estimate of drug-likeness (QED) is 0.321. The van der Waals surface area contributed by atoms with Crippen LogP contribution < -0.4 is 5.32 Å². The molecule has 9 heteroatoms. The van der Waals surface area contributed by atoms with E-state index in [1.165, 1.54) is 0 Å². The van der Waals surface area contributed by atoms with E-state index in [2.05, 4.69) is 39.3 Å². The maximum Gasteiger partial charge on any atom is 0.410 e. The summed E-state index contributed by atoms with van der Waals surface area (Å²) in [5, 5.41) is 15.8. The number of piperidine rings is 1. The number of fused-ring (bicyclic) bond motifs is 1. The van der Waals surface area contributed by atoms with Gasteiger partial charge in [-0.15, -0.1) is 0 Å². The molecule has 3 heterocycles. The predicted molar refractivity (Wildman–Crippen MR) is 147 cm³/mol. The number of benzene rings is 2. The molecule has 3 aromatic rings. The standard InChI is InChI=1S/C29H35N5O4/c1-29(2,3)38-28(35)32-17-13-21(14-18-32)12-16-31-19-15-30-27(31)25-20-33(26-7-5-4-6-24(25)26)22-8-10-23(11-9-22)34(36)37/h4-11,15,19-21,27,30H,12-14,16-18H2,1-3H3. The molecule has 2 aromatic carbocycles. The largest absolute Gasteiger partial charge is 0.444 e. The van der Waals surface area contributed by atoms with Gasteiger partial charge in [0.2, 0.25) is 0 Å². The highest BCUT2D eigenvalue weighted by Gasteiger charge is 2.29. The highest BCUT2D eigenvalue weighted by atomic mass is 16.6. The molecule has 2 aliphatic heterocycles. The van der Waals surface area contributed by atoms with E-state index in [0.717, 1.165) is 61.1 Å². The molecule has 2 aliphatic rings. The van der Waals surface area contributed by atoms with Crippen LogP contribution in [0.5, 0.6) is 0 Å². The van der Waals surface area contributed by atoms with Gasteiger partial charge in [-0.05, 0) is 64.2 Å². The van der Waals surface area contributed by atoms with Crippen LogP contribution in [-0.4, -0.2) is 50.6 Å². The third-order valence-electron chi connectivity index (χ3n) is 7.29. The lowest BCUT2D eigenvalue weighted by molar-refractivity contribution is -0.384. The Morgan fingerprint density at radius 3 is 2.50 bits per heavy atom. The van der Waals surface area contributed by atoms with Crippen molar-refractivity contribution in [2.24, 2.45) is 5.92 Å². The number of hydrogen-bond donors (Lipinski definition) is 1. The molecule has 1 aromatic heterocycles. The summed E-state index contributed by atoms with van der Waals surface area (Å²) in [4.78, 5) is 27.3. The van der Waals surface area contributed by atoms with Crippen molar-refractivity contribution in [2.45, 2.75) is 51.8 Å². The minimum atomic E-state index is -0.473. The zero-order valence-electron chi connectivity index (χ0n) is 22.2.